The Kier molecular flexibility index (Phi) is 3.06. The molecule has 2 rings (SSSR count). The summed E-state index contributed by atoms with van der Waals surface area (Å²) in [5.74, 6) is 0.106. The van der Waals surface area contributed by atoms with Gasteiger partial charge in [0.05, 0.1) is 0 Å². The number of hydrogen-bond acceptors (Lipinski definition) is 2. The smallest absolute Gasteiger partial charge is 0.133 e. The molecule has 1 aliphatic carbocycles. The van der Waals surface area contributed by atoms with Crippen LogP contribution in [0.3, 0.4) is 0 Å². The molecule has 3 heteroatoms. The molecule has 1 aromatic carbocycles. The van der Waals surface area contributed by atoms with Crippen molar-refractivity contribution in [3.63, 3.8) is 0 Å². The lowest BCUT2D eigenvalue weighted by atomic mass is 9.76. The van der Waals surface area contributed by atoms with Gasteiger partial charge in [-0.1, -0.05) is 12.1 Å². The zero-order valence-corrected chi connectivity index (χ0v) is 9.42. The third-order valence-corrected chi connectivity index (χ3v) is 3.54. The van der Waals surface area contributed by atoms with Crippen LogP contribution in [0.5, 0.6) is 0 Å². The molecule has 2 nitrogen and oxygen atoms in total. The van der Waals surface area contributed by atoms with Crippen LogP contribution in [-0.2, 0) is 10.3 Å². The second kappa shape index (κ2) is 4.34. The minimum Gasteiger partial charge on any atom is -0.310 e. The van der Waals surface area contributed by atoms with E-state index in [9.17, 15) is 9.18 Å². The van der Waals surface area contributed by atoms with E-state index in [2.05, 4.69) is 5.32 Å². The Hall–Kier alpha value is -1.22. The number of Topliss-reactive ketones (excluding diaryl/α,β-unsaturated/α-hetero) is 1. The second-order valence-corrected chi connectivity index (χ2v) is 4.38. The Morgan fingerprint density at radius 3 is 2.25 bits per heavy atom. The summed E-state index contributed by atoms with van der Waals surface area (Å²) >= 11 is 0. The van der Waals surface area contributed by atoms with Crippen molar-refractivity contribution in [3.05, 3.63) is 35.6 Å². The van der Waals surface area contributed by atoms with E-state index in [-0.39, 0.29) is 11.4 Å². The minimum atomic E-state index is -0.220. The first kappa shape index (κ1) is 11.3. The van der Waals surface area contributed by atoms with Crippen LogP contribution < -0.4 is 5.32 Å². The van der Waals surface area contributed by atoms with Crippen LogP contribution in [-0.4, -0.2) is 12.8 Å². The van der Waals surface area contributed by atoms with Crippen molar-refractivity contribution < 1.29 is 9.18 Å². The third kappa shape index (κ3) is 2.00. The summed E-state index contributed by atoms with van der Waals surface area (Å²) in [5.41, 5.74) is 0.922. The summed E-state index contributed by atoms with van der Waals surface area (Å²) in [4.78, 5) is 11.3. The maximum atomic E-state index is 12.9. The summed E-state index contributed by atoms with van der Waals surface area (Å²) in [6.07, 6.45) is 2.82. The van der Waals surface area contributed by atoms with Gasteiger partial charge in [0.2, 0.25) is 0 Å². The number of hydrogen-bond donors (Lipinski definition) is 1. The molecule has 0 aliphatic heterocycles. The summed E-state index contributed by atoms with van der Waals surface area (Å²) in [6.45, 7) is 0. The van der Waals surface area contributed by atoms with Crippen molar-refractivity contribution in [2.24, 2.45) is 0 Å². The monoisotopic (exact) mass is 221 g/mol. The number of carbonyl (C=O) groups is 1. The maximum Gasteiger partial charge on any atom is 0.133 e. The highest BCUT2D eigenvalue weighted by Gasteiger charge is 2.34. The molecule has 1 aliphatic rings. The Morgan fingerprint density at radius 1 is 1.19 bits per heavy atom. The standard InChI is InChI=1S/C13H16FNO/c1-15-13(8-6-12(16)7-9-13)10-2-4-11(14)5-3-10/h2-5,15H,6-9H2,1H3. The highest BCUT2D eigenvalue weighted by molar-refractivity contribution is 5.79. The number of halogens is 1. The van der Waals surface area contributed by atoms with Gasteiger partial charge in [-0.3, -0.25) is 4.79 Å². The number of rotatable bonds is 2. The maximum absolute atomic E-state index is 12.9. The molecule has 0 amide bonds. The van der Waals surface area contributed by atoms with Crippen LogP contribution >= 0.6 is 0 Å². The first-order valence-corrected chi connectivity index (χ1v) is 5.63. The van der Waals surface area contributed by atoms with Crippen molar-refractivity contribution >= 4 is 5.78 Å². The average Bonchev–Trinajstić information content (AvgIpc) is 2.32. The van der Waals surface area contributed by atoms with E-state index in [1.807, 2.05) is 19.2 Å². The topological polar surface area (TPSA) is 29.1 Å². The van der Waals surface area contributed by atoms with Crippen molar-refractivity contribution in [2.75, 3.05) is 7.05 Å². The van der Waals surface area contributed by atoms with Crippen LogP contribution in [0.1, 0.15) is 31.2 Å². The molecular weight excluding hydrogens is 205 g/mol. The Labute approximate surface area is 94.9 Å². The van der Waals surface area contributed by atoms with Crippen molar-refractivity contribution in [2.45, 2.75) is 31.2 Å². The number of nitrogens with one attached hydrogen (secondary N) is 1. The van der Waals surface area contributed by atoms with Gasteiger partial charge in [-0.25, -0.2) is 4.39 Å². The molecule has 1 aromatic rings. The summed E-state index contributed by atoms with van der Waals surface area (Å²) in [5, 5.41) is 3.30. The quantitative estimate of drug-likeness (QED) is 0.830. The second-order valence-electron chi connectivity index (χ2n) is 4.38. The van der Waals surface area contributed by atoms with E-state index >= 15 is 0 Å². The minimum absolute atomic E-state index is 0.151. The Bertz CT molecular complexity index is 375. The van der Waals surface area contributed by atoms with Crippen LogP contribution in [0.4, 0.5) is 4.39 Å². The van der Waals surface area contributed by atoms with E-state index in [4.69, 9.17) is 0 Å². The first-order valence-electron chi connectivity index (χ1n) is 5.63. The molecule has 0 atom stereocenters. The largest absolute Gasteiger partial charge is 0.310 e. The average molecular weight is 221 g/mol. The third-order valence-electron chi connectivity index (χ3n) is 3.54. The lowest BCUT2D eigenvalue weighted by Crippen LogP contribution is -2.43. The van der Waals surface area contributed by atoms with Gasteiger partial charge >= 0.3 is 0 Å². The summed E-state index contributed by atoms with van der Waals surface area (Å²) in [7, 11) is 1.90. The molecule has 0 heterocycles. The fourth-order valence-electron chi connectivity index (χ4n) is 2.41. The molecule has 0 bridgehead atoms. The van der Waals surface area contributed by atoms with Gasteiger partial charge in [-0.2, -0.15) is 0 Å². The van der Waals surface area contributed by atoms with E-state index in [1.165, 1.54) is 12.1 Å². The molecule has 0 radical (unpaired) electrons. The Balaban J connectivity index is 2.27. The highest BCUT2D eigenvalue weighted by atomic mass is 19.1. The normalized spacial score (nSPS) is 19.8. The molecule has 0 unspecified atom stereocenters. The molecule has 86 valence electrons. The van der Waals surface area contributed by atoms with Gasteiger partial charge in [0.15, 0.2) is 0 Å². The van der Waals surface area contributed by atoms with Crippen molar-refractivity contribution in [1.82, 2.24) is 5.32 Å². The van der Waals surface area contributed by atoms with Gasteiger partial charge in [-0.15, -0.1) is 0 Å². The molecule has 1 N–H and O–H groups in total. The van der Waals surface area contributed by atoms with Crippen LogP contribution in [0.2, 0.25) is 0 Å². The van der Waals surface area contributed by atoms with Crippen LogP contribution in [0.25, 0.3) is 0 Å². The number of ketones is 1. The summed E-state index contributed by atoms with van der Waals surface area (Å²) < 4.78 is 12.9. The predicted molar refractivity (Wildman–Crippen MR) is 60.6 cm³/mol. The highest BCUT2D eigenvalue weighted by Crippen LogP contribution is 2.35. The van der Waals surface area contributed by atoms with Crippen LogP contribution in [0, 0.1) is 5.82 Å². The van der Waals surface area contributed by atoms with Crippen molar-refractivity contribution in [1.29, 1.82) is 0 Å². The van der Waals surface area contributed by atoms with E-state index < -0.39 is 0 Å². The fourth-order valence-corrected chi connectivity index (χ4v) is 2.41. The van der Waals surface area contributed by atoms with Gasteiger partial charge in [0.1, 0.15) is 11.6 Å². The van der Waals surface area contributed by atoms with E-state index in [0.717, 1.165) is 18.4 Å². The van der Waals surface area contributed by atoms with Crippen molar-refractivity contribution in [3.8, 4) is 0 Å². The lowest BCUT2D eigenvalue weighted by molar-refractivity contribution is -0.121. The van der Waals surface area contributed by atoms with Gasteiger partial charge < -0.3 is 5.32 Å². The first-order chi connectivity index (χ1) is 7.66. The molecule has 16 heavy (non-hydrogen) atoms. The molecule has 0 spiro atoms. The summed E-state index contributed by atoms with van der Waals surface area (Å²) in [6, 6.07) is 6.57. The van der Waals surface area contributed by atoms with Crippen LogP contribution in [0.15, 0.2) is 24.3 Å². The predicted octanol–water partition coefficient (Wildman–Crippen LogP) is 2.38. The molecule has 1 fully saturated rings. The zero-order chi connectivity index (χ0) is 11.6. The zero-order valence-electron chi connectivity index (χ0n) is 9.42. The molecule has 0 saturated heterocycles. The molecule has 1 saturated carbocycles. The van der Waals surface area contributed by atoms with E-state index in [1.54, 1.807) is 0 Å². The molecular formula is C13H16FNO. The fraction of sp³-hybridized carbons (Fsp3) is 0.462. The SMILES string of the molecule is CNC1(c2ccc(F)cc2)CCC(=O)CC1. The number of carbonyl (C=O) groups excluding carboxylic acids is 1. The number of benzene rings is 1. The lowest BCUT2D eigenvalue weighted by Gasteiger charge is -2.37. The van der Waals surface area contributed by atoms with Gasteiger partial charge in [0, 0.05) is 18.4 Å². The molecule has 0 aromatic heterocycles. The van der Waals surface area contributed by atoms with Gasteiger partial charge in [0.25, 0.3) is 0 Å². The van der Waals surface area contributed by atoms with Gasteiger partial charge in [-0.05, 0) is 37.6 Å². The van der Waals surface area contributed by atoms with E-state index in [0.29, 0.717) is 18.6 Å². The Morgan fingerprint density at radius 2 is 1.75 bits per heavy atom.